The molecule has 0 radical (unpaired) electrons. The molecule has 8 heteroatoms. The van der Waals surface area contributed by atoms with Crippen LogP contribution in [0, 0.1) is 0 Å². The molecule has 0 saturated carbocycles. The molecule has 0 aliphatic rings. The predicted octanol–water partition coefficient (Wildman–Crippen LogP) is 5.39. The minimum absolute atomic E-state index is 0.0420. The fourth-order valence-corrected chi connectivity index (χ4v) is 4.44. The minimum Gasteiger partial charge on any atom is -0.497 e. The Bertz CT molecular complexity index is 1340. The van der Waals surface area contributed by atoms with Crippen molar-refractivity contribution in [3.63, 3.8) is 0 Å². The third-order valence-corrected chi connectivity index (χ3v) is 6.52. The lowest BCUT2D eigenvalue weighted by Crippen LogP contribution is -2.14. The first-order valence-electron chi connectivity index (χ1n) is 10.0. The van der Waals surface area contributed by atoms with Gasteiger partial charge in [0.05, 0.1) is 24.4 Å². The summed E-state index contributed by atoms with van der Waals surface area (Å²) >= 11 is 2.63. The van der Waals surface area contributed by atoms with E-state index in [0.717, 1.165) is 22.2 Å². The maximum Gasteiger partial charge on any atom is 0.336 e. The van der Waals surface area contributed by atoms with E-state index in [-0.39, 0.29) is 23.4 Å². The molecule has 0 aliphatic carbocycles. The number of benzene rings is 3. The Kier molecular flexibility index (Phi) is 6.86. The van der Waals surface area contributed by atoms with E-state index >= 15 is 0 Å². The quantitative estimate of drug-likeness (QED) is 0.207. The van der Waals surface area contributed by atoms with Crippen molar-refractivity contribution >= 4 is 51.8 Å². The average molecular weight is 477 g/mol. The van der Waals surface area contributed by atoms with E-state index in [1.165, 1.54) is 0 Å². The number of carboxylic acid groups (broad SMARTS) is 1. The molecule has 3 aromatic carbocycles. The number of hydrogen-bond acceptors (Lipinski definition) is 7. The maximum absolute atomic E-state index is 13.6. The Balaban J connectivity index is 1.87. The van der Waals surface area contributed by atoms with E-state index in [0.29, 0.717) is 27.9 Å². The number of ketones is 1. The van der Waals surface area contributed by atoms with Crippen molar-refractivity contribution in [1.82, 2.24) is 8.75 Å². The summed E-state index contributed by atoms with van der Waals surface area (Å²) < 4.78 is 13.6. The highest BCUT2D eigenvalue weighted by molar-refractivity contribution is 7.98. The second-order valence-electron chi connectivity index (χ2n) is 7.21. The molecule has 0 aliphatic heterocycles. The van der Waals surface area contributed by atoms with Crippen LogP contribution < -0.4 is 4.74 Å². The number of nitrogens with zero attached hydrogens (tertiary/aromatic N) is 2. The Morgan fingerprint density at radius 3 is 2.24 bits per heavy atom. The molecule has 0 saturated heterocycles. The normalized spacial score (nSPS) is 11.8. The molecule has 0 bridgehead atoms. The summed E-state index contributed by atoms with van der Waals surface area (Å²) in [5.41, 5.74) is 3.09. The number of thioether (sulfide) groups is 1. The molecule has 6 nitrogen and oxygen atoms in total. The Morgan fingerprint density at radius 2 is 1.61 bits per heavy atom. The van der Waals surface area contributed by atoms with Crippen LogP contribution in [0.5, 0.6) is 5.75 Å². The Hall–Kier alpha value is -3.49. The second kappa shape index (κ2) is 9.97. The number of aromatic nitrogens is 2. The summed E-state index contributed by atoms with van der Waals surface area (Å²) in [7, 11) is 1.58. The fourth-order valence-electron chi connectivity index (χ4n) is 3.51. The molecule has 0 fully saturated rings. The zero-order valence-electron chi connectivity index (χ0n) is 17.9. The van der Waals surface area contributed by atoms with Crippen LogP contribution in [-0.2, 0) is 11.2 Å². The molecule has 0 atom stereocenters. The van der Waals surface area contributed by atoms with Crippen molar-refractivity contribution < 1.29 is 19.4 Å². The standard InChI is InChI=1S/C25H20N2O4S2/c1-31-18-8-3-15(4-9-18)13-20(24(28)16-5-10-19(32-2)11-6-16)23(25(29)30)17-7-12-21-22(14-17)27-33-26-21/h3-12,14H,13H2,1-2H3,(H,29,30)/b23-20+. The van der Waals surface area contributed by atoms with Gasteiger partial charge in [-0.15, -0.1) is 11.8 Å². The molecule has 4 rings (SSSR count). The summed E-state index contributed by atoms with van der Waals surface area (Å²) in [5.74, 6) is -0.814. The number of ether oxygens (including phenoxy) is 1. The topological polar surface area (TPSA) is 89.4 Å². The van der Waals surface area contributed by atoms with Gasteiger partial charge in [0.1, 0.15) is 16.8 Å². The van der Waals surface area contributed by atoms with Crippen molar-refractivity contribution in [2.75, 3.05) is 13.4 Å². The van der Waals surface area contributed by atoms with Crippen LogP contribution in [0.1, 0.15) is 21.5 Å². The smallest absolute Gasteiger partial charge is 0.336 e. The van der Waals surface area contributed by atoms with E-state index in [1.807, 2.05) is 30.5 Å². The molecule has 166 valence electrons. The number of hydrogen-bond donors (Lipinski definition) is 1. The Morgan fingerprint density at radius 1 is 0.939 bits per heavy atom. The largest absolute Gasteiger partial charge is 0.497 e. The molecular weight excluding hydrogens is 456 g/mol. The number of methoxy groups -OCH3 is 1. The van der Waals surface area contributed by atoms with Crippen molar-refractivity contribution in [2.45, 2.75) is 11.3 Å². The van der Waals surface area contributed by atoms with Gasteiger partial charge < -0.3 is 9.84 Å². The average Bonchev–Trinajstić information content (AvgIpc) is 3.31. The summed E-state index contributed by atoms with van der Waals surface area (Å²) in [6.45, 7) is 0. The summed E-state index contributed by atoms with van der Waals surface area (Å²) in [4.78, 5) is 27.1. The monoisotopic (exact) mass is 476 g/mol. The number of carbonyl (C=O) groups excluding carboxylic acids is 1. The molecule has 0 amide bonds. The SMILES string of the molecule is COc1ccc(C/C(C(=O)c2ccc(SC)cc2)=C(\C(=O)O)c2ccc3nsnc3c2)cc1. The van der Waals surface area contributed by atoms with Crippen LogP contribution in [0.25, 0.3) is 16.6 Å². The van der Waals surface area contributed by atoms with Crippen LogP contribution >= 0.6 is 23.5 Å². The third kappa shape index (κ3) is 4.97. The fraction of sp³-hybridized carbons (Fsp3) is 0.120. The van der Waals surface area contributed by atoms with Crippen LogP contribution in [-0.4, -0.2) is 39.0 Å². The van der Waals surface area contributed by atoms with E-state index in [2.05, 4.69) is 8.75 Å². The highest BCUT2D eigenvalue weighted by Gasteiger charge is 2.24. The van der Waals surface area contributed by atoms with Gasteiger partial charge in [-0.1, -0.05) is 18.2 Å². The van der Waals surface area contributed by atoms with Gasteiger partial charge in [0, 0.05) is 22.5 Å². The van der Waals surface area contributed by atoms with E-state index in [4.69, 9.17) is 4.74 Å². The lowest BCUT2D eigenvalue weighted by molar-refractivity contribution is -0.130. The second-order valence-corrected chi connectivity index (χ2v) is 8.62. The predicted molar refractivity (Wildman–Crippen MR) is 131 cm³/mol. The minimum atomic E-state index is -1.17. The summed E-state index contributed by atoms with van der Waals surface area (Å²) in [6.07, 6.45) is 2.11. The molecular formula is C25H20N2O4S2. The number of allylic oxidation sites excluding steroid dienone is 1. The molecule has 1 N–H and O–H groups in total. The van der Waals surface area contributed by atoms with Gasteiger partial charge in [0.2, 0.25) is 0 Å². The summed E-state index contributed by atoms with van der Waals surface area (Å²) in [6, 6.07) is 19.5. The molecule has 4 aromatic rings. The van der Waals surface area contributed by atoms with E-state index < -0.39 is 5.97 Å². The first-order chi connectivity index (χ1) is 16.0. The first kappa shape index (κ1) is 22.7. The number of rotatable bonds is 8. The van der Waals surface area contributed by atoms with Gasteiger partial charge in [-0.25, -0.2) is 4.79 Å². The van der Waals surface area contributed by atoms with Crippen molar-refractivity contribution in [3.05, 3.63) is 89.0 Å². The first-order valence-corrected chi connectivity index (χ1v) is 12.0. The molecule has 33 heavy (non-hydrogen) atoms. The van der Waals surface area contributed by atoms with Gasteiger partial charge in [-0.05, 0) is 65.9 Å². The number of aliphatic carboxylic acids is 1. The van der Waals surface area contributed by atoms with Crippen LogP contribution in [0.2, 0.25) is 0 Å². The van der Waals surface area contributed by atoms with Gasteiger partial charge >= 0.3 is 5.97 Å². The number of carbonyl (C=O) groups is 2. The number of carboxylic acids is 1. The Labute approximate surface area is 199 Å². The van der Waals surface area contributed by atoms with Gasteiger partial charge in [0.25, 0.3) is 0 Å². The van der Waals surface area contributed by atoms with Gasteiger partial charge in [0.15, 0.2) is 5.78 Å². The molecule has 0 spiro atoms. The summed E-state index contributed by atoms with van der Waals surface area (Å²) in [5, 5.41) is 10.2. The van der Waals surface area contributed by atoms with Crippen molar-refractivity contribution in [3.8, 4) is 5.75 Å². The number of fused-ring (bicyclic) bond motifs is 1. The highest BCUT2D eigenvalue weighted by atomic mass is 32.2. The third-order valence-electron chi connectivity index (χ3n) is 5.22. The maximum atomic E-state index is 13.6. The zero-order chi connectivity index (χ0) is 23.4. The lowest BCUT2D eigenvalue weighted by Gasteiger charge is -2.14. The van der Waals surface area contributed by atoms with Crippen molar-refractivity contribution in [2.24, 2.45) is 0 Å². The lowest BCUT2D eigenvalue weighted by atomic mass is 9.89. The highest BCUT2D eigenvalue weighted by Crippen LogP contribution is 2.29. The van der Waals surface area contributed by atoms with E-state index in [9.17, 15) is 14.7 Å². The molecule has 1 heterocycles. The van der Waals surface area contributed by atoms with Gasteiger partial charge in [-0.3, -0.25) is 4.79 Å². The number of Topliss-reactive ketones (excluding diaryl/α,β-unsaturated/α-hetero) is 1. The molecule has 1 aromatic heterocycles. The van der Waals surface area contributed by atoms with Crippen molar-refractivity contribution in [1.29, 1.82) is 0 Å². The van der Waals surface area contributed by atoms with Crippen LogP contribution in [0.3, 0.4) is 0 Å². The van der Waals surface area contributed by atoms with E-state index in [1.54, 1.807) is 61.3 Å². The zero-order valence-corrected chi connectivity index (χ0v) is 19.6. The molecule has 0 unspecified atom stereocenters. The van der Waals surface area contributed by atoms with Gasteiger partial charge in [-0.2, -0.15) is 8.75 Å². The van der Waals surface area contributed by atoms with Crippen LogP contribution in [0.4, 0.5) is 0 Å². The van der Waals surface area contributed by atoms with Crippen LogP contribution in [0.15, 0.2) is 77.2 Å².